The Bertz CT molecular complexity index is 424. The molecule has 1 unspecified atom stereocenters. The third-order valence-electron chi connectivity index (χ3n) is 2.39. The predicted octanol–water partition coefficient (Wildman–Crippen LogP) is 2.69. The summed E-state index contributed by atoms with van der Waals surface area (Å²) in [6, 6.07) is 3.49. The molecule has 1 atom stereocenters. The summed E-state index contributed by atoms with van der Waals surface area (Å²) >= 11 is 5.57. The summed E-state index contributed by atoms with van der Waals surface area (Å²) in [6.45, 7) is 0.394. The number of nitrogens with zero attached hydrogens (tertiary/aromatic N) is 1. The lowest BCUT2D eigenvalue weighted by molar-refractivity contribution is -0.137. The summed E-state index contributed by atoms with van der Waals surface area (Å²) < 4.78 is 38.4. The van der Waals surface area contributed by atoms with Crippen molar-refractivity contribution in [2.75, 3.05) is 32.5 Å². The van der Waals surface area contributed by atoms with Crippen LogP contribution in [-0.4, -0.2) is 43.3 Å². The summed E-state index contributed by atoms with van der Waals surface area (Å²) in [6.07, 6.45) is -5.24. The molecule has 0 saturated heterocycles. The first kappa shape index (κ1) is 16.1. The topological polar surface area (TPSA) is 35.5 Å². The Morgan fingerprint density at radius 2 is 2.00 bits per heavy atom. The van der Waals surface area contributed by atoms with Gasteiger partial charge in [0, 0.05) is 23.8 Å². The summed E-state index contributed by atoms with van der Waals surface area (Å²) in [7, 11) is 3.54. The molecule has 0 saturated carbocycles. The Labute approximate surface area is 115 Å². The van der Waals surface area contributed by atoms with Gasteiger partial charge >= 0.3 is 6.18 Å². The number of hydrogen-bond acceptors (Lipinski definition) is 3. The van der Waals surface area contributed by atoms with Crippen molar-refractivity contribution in [3.63, 3.8) is 0 Å². The van der Waals surface area contributed by atoms with Crippen LogP contribution in [0.5, 0.6) is 0 Å². The molecule has 7 heteroatoms. The van der Waals surface area contributed by atoms with Crippen molar-refractivity contribution in [3.8, 4) is 0 Å². The molecule has 108 valence electrons. The van der Waals surface area contributed by atoms with Gasteiger partial charge in [0.25, 0.3) is 0 Å². The number of hydrogen-bond donors (Lipinski definition) is 2. The van der Waals surface area contributed by atoms with E-state index in [4.69, 9.17) is 11.6 Å². The Hall–Kier alpha value is -0.980. The molecule has 0 spiro atoms. The van der Waals surface area contributed by atoms with E-state index in [-0.39, 0.29) is 17.3 Å². The van der Waals surface area contributed by atoms with E-state index in [1.165, 1.54) is 12.1 Å². The number of benzene rings is 1. The van der Waals surface area contributed by atoms with Crippen LogP contribution in [-0.2, 0) is 6.18 Å². The molecule has 1 aromatic rings. The number of alkyl halides is 3. The normalized spacial score (nSPS) is 13.7. The van der Waals surface area contributed by atoms with Gasteiger partial charge < -0.3 is 15.3 Å². The highest BCUT2D eigenvalue weighted by atomic mass is 35.5. The van der Waals surface area contributed by atoms with Crippen LogP contribution in [0.15, 0.2) is 18.2 Å². The SMILES string of the molecule is CN(C)CC(O)CNc1ccc(Cl)cc1C(F)(F)F. The van der Waals surface area contributed by atoms with Crippen molar-refractivity contribution in [3.05, 3.63) is 28.8 Å². The van der Waals surface area contributed by atoms with Gasteiger partial charge in [-0.2, -0.15) is 13.2 Å². The minimum Gasteiger partial charge on any atom is -0.390 e. The van der Waals surface area contributed by atoms with Gasteiger partial charge in [0.05, 0.1) is 11.7 Å². The summed E-state index contributed by atoms with van der Waals surface area (Å²) in [5, 5.41) is 12.2. The van der Waals surface area contributed by atoms with Gasteiger partial charge in [-0.3, -0.25) is 0 Å². The van der Waals surface area contributed by atoms with Crippen molar-refractivity contribution in [2.24, 2.45) is 0 Å². The maximum atomic E-state index is 12.8. The van der Waals surface area contributed by atoms with Gasteiger partial charge in [-0.25, -0.2) is 0 Å². The Morgan fingerprint density at radius 1 is 1.37 bits per heavy atom. The van der Waals surface area contributed by atoms with E-state index >= 15 is 0 Å². The van der Waals surface area contributed by atoms with Crippen LogP contribution in [0.3, 0.4) is 0 Å². The van der Waals surface area contributed by atoms with Crippen molar-refractivity contribution in [1.82, 2.24) is 4.90 Å². The minimum absolute atomic E-state index is 0.0201. The van der Waals surface area contributed by atoms with E-state index in [0.29, 0.717) is 6.54 Å². The molecule has 0 bridgehead atoms. The molecule has 2 N–H and O–H groups in total. The average Bonchev–Trinajstić information content (AvgIpc) is 2.25. The van der Waals surface area contributed by atoms with E-state index in [0.717, 1.165) is 6.07 Å². The second kappa shape index (κ2) is 6.45. The second-order valence-electron chi connectivity index (χ2n) is 4.48. The zero-order chi connectivity index (χ0) is 14.6. The second-order valence-corrected chi connectivity index (χ2v) is 4.92. The number of likely N-dealkylation sites (N-methyl/N-ethyl adjacent to an activating group) is 1. The lowest BCUT2D eigenvalue weighted by atomic mass is 10.1. The maximum Gasteiger partial charge on any atom is 0.418 e. The molecule has 19 heavy (non-hydrogen) atoms. The zero-order valence-corrected chi connectivity index (χ0v) is 11.4. The molecule has 1 rings (SSSR count). The van der Waals surface area contributed by atoms with Crippen LogP contribution < -0.4 is 5.32 Å². The van der Waals surface area contributed by atoms with Crippen LogP contribution in [0.1, 0.15) is 5.56 Å². The first-order chi connectivity index (χ1) is 8.70. The van der Waals surface area contributed by atoms with Gasteiger partial charge in [-0.1, -0.05) is 11.6 Å². The van der Waals surface area contributed by atoms with E-state index in [2.05, 4.69) is 5.32 Å². The third-order valence-corrected chi connectivity index (χ3v) is 2.63. The van der Waals surface area contributed by atoms with Crippen LogP contribution in [0, 0.1) is 0 Å². The standard InChI is InChI=1S/C12H16ClF3N2O/c1-18(2)7-9(19)6-17-11-4-3-8(13)5-10(11)12(14,15)16/h3-5,9,17,19H,6-7H2,1-2H3. The molecule has 0 amide bonds. The van der Waals surface area contributed by atoms with E-state index in [1.54, 1.807) is 19.0 Å². The van der Waals surface area contributed by atoms with Crippen LogP contribution >= 0.6 is 11.6 Å². The highest BCUT2D eigenvalue weighted by Gasteiger charge is 2.33. The third kappa shape index (κ3) is 5.26. The van der Waals surface area contributed by atoms with Gasteiger partial charge in [-0.05, 0) is 32.3 Å². The Balaban J connectivity index is 2.78. The van der Waals surface area contributed by atoms with Crippen LogP contribution in [0.2, 0.25) is 5.02 Å². The number of aliphatic hydroxyl groups excluding tert-OH is 1. The number of halogens is 4. The summed E-state index contributed by atoms with van der Waals surface area (Å²) in [5.74, 6) is 0. The van der Waals surface area contributed by atoms with Crippen molar-refractivity contribution in [2.45, 2.75) is 12.3 Å². The number of nitrogens with one attached hydrogen (secondary N) is 1. The Kier molecular flexibility index (Phi) is 5.46. The number of rotatable bonds is 5. The quantitative estimate of drug-likeness (QED) is 0.877. The average molecular weight is 297 g/mol. The fraction of sp³-hybridized carbons (Fsp3) is 0.500. The molecule has 3 nitrogen and oxygen atoms in total. The zero-order valence-electron chi connectivity index (χ0n) is 10.6. The molecule has 1 aromatic carbocycles. The predicted molar refractivity (Wildman–Crippen MR) is 69.5 cm³/mol. The first-order valence-corrected chi connectivity index (χ1v) is 6.01. The van der Waals surface area contributed by atoms with Gasteiger partial charge in [0.15, 0.2) is 0 Å². The first-order valence-electron chi connectivity index (χ1n) is 5.63. The Morgan fingerprint density at radius 3 is 2.53 bits per heavy atom. The number of anilines is 1. The molecule has 0 radical (unpaired) electrons. The molecule has 0 aromatic heterocycles. The lowest BCUT2D eigenvalue weighted by Crippen LogP contribution is -2.31. The van der Waals surface area contributed by atoms with Crippen molar-refractivity contribution >= 4 is 17.3 Å². The summed E-state index contributed by atoms with van der Waals surface area (Å²) in [4.78, 5) is 1.75. The molecule has 0 aliphatic carbocycles. The van der Waals surface area contributed by atoms with Crippen molar-refractivity contribution < 1.29 is 18.3 Å². The van der Waals surface area contributed by atoms with Gasteiger partial charge in [0.1, 0.15) is 0 Å². The fourth-order valence-electron chi connectivity index (χ4n) is 1.62. The fourth-order valence-corrected chi connectivity index (χ4v) is 1.79. The molecular weight excluding hydrogens is 281 g/mol. The molecule has 0 fully saturated rings. The van der Waals surface area contributed by atoms with E-state index < -0.39 is 17.8 Å². The largest absolute Gasteiger partial charge is 0.418 e. The smallest absolute Gasteiger partial charge is 0.390 e. The maximum absolute atomic E-state index is 12.8. The minimum atomic E-state index is -4.49. The van der Waals surface area contributed by atoms with E-state index in [9.17, 15) is 18.3 Å². The van der Waals surface area contributed by atoms with Crippen LogP contribution in [0.4, 0.5) is 18.9 Å². The van der Waals surface area contributed by atoms with Gasteiger partial charge in [-0.15, -0.1) is 0 Å². The summed E-state index contributed by atoms with van der Waals surface area (Å²) in [5.41, 5.74) is -0.924. The van der Waals surface area contributed by atoms with E-state index in [1.807, 2.05) is 0 Å². The molecule has 0 aliphatic rings. The lowest BCUT2D eigenvalue weighted by Gasteiger charge is -2.19. The van der Waals surface area contributed by atoms with Crippen molar-refractivity contribution in [1.29, 1.82) is 0 Å². The monoisotopic (exact) mass is 296 g/mol. The highest BCUT2D eigenvalue weighted by Crippen LogP contribution is 2.36. The van der Waals surface area contributed by atoms with Gasteiger partial charge in [0.2, 0.25) is 0 Å². The number of aliphatic hydroxyl groups is 1. The molecule has 0 heterocycles. The van der Waals surface area contributed by atoms with Crippen LogP contribution in [0.25, 0.3) is 0 Å². The highest BCUT2D eigenvalue weighted by molar-refractivity contribution is 6.30. The molecule has 0 aliphatic heterocycles. The molecular formula is C12H16ClF3N2O.